The summed E-state index contributed by atoms with van der Waals surface area (Å²) in [5.74, 6) is -0.663. The fraction of sp³-hybridized carbons (Fsp3) is 0.750. The number of nitrogens with zero attached hydrogens (tertiary/aromatic N) is 1. The number of hydrogen-bond donors (Lipinski definition) is 3. The molecule has 1 unspecified atom stereocenters. The van der Waals surface area contributed by atoms with Crippen molar-refractivity contribution in [2.45, 2.75) is 13.0 Å². The predicted molar refractivity (Wildman–Crippen MR) is 53.4 cm³/mol. The molecule has 0 aromatic heterocycles. The molecule has 0 spiro atoms. The first-order chi connectivity index (χ1) is 6.51. The van der Waals surface area contributed by atoms with Gasteiger partial charge in [-0.1, -0.05) is 6.92 Å². The van der Waals surface area contributed by atoms with Crippen LogP contribution in [-0.2, 0) is 9.59 Å². The predicted octanol–water partition coefficient (Wildman–Crippen LogP) is -2.13. The van der Waals surface area contributed by atoms with Crippen molar-refractivity contribution in [2.75, 3.05) is 26.7 Å². The monoisotopic (exact) mass is 202 g/mol. The molecular weight excluding hydrogens is 184 g/mol. The highest BCUT2D eigenvalue weighted by Gasteiger charge is 2.15. The van der Waals surface area contributed by atoms with Gasteiger partial charge in [0.2, 0.25) is 11.8 Å². The van der Waals surface area contributed by atoms with Crippen molar-refractivity contribution in [3.63, 3.8) is 0 Å². The van der Waals surface area contributed by atoms with Crippen molar-refractivity contribution < 1.29 is 9.59 Å². The minimum absolute atomic E-state index is 0.108. The van der Waals surface area contributed by atoms with Gasteiger partial charge in [0.1, 0.15) is 0 Å². The van der Waals surface area contributed by atoms with Gasteiger partial charge in [0.15, 0.2) is 0 Å². The van der Waals surface area contributed by atoms with Gasteiger partial charge in [-0.3, -0.25) is 14.5 Å². The first-order valence-electron chi connectivity index (χ1n) is 4.49. The van der Waals surface area contributed by atoms with Crippen LogP contribution in [0.25, 0.3) is 0 Å². The Bertz CT molecular complexity index is 208. The molecular formula is C8H18N4O2. The molecule has 2 amide bonds. The zero-order chi connectivity index (χ0) is 11.1. The zero-order valence-electron chi connectivity index (χ0n) is 8.62. The molecule has 82 valence electrons. The van der Waals surface area contributed by atoms with Crippen molar-refractivity contribution in [1.82, 2.24) is 10.2 Å². The van der Waals surface area contributed by atoms with Crippen LogP contribution < -0.4 is 16.8 Å². The van der Waals surface area contributed by atoms with Crippen molar-refractivity contribution in [3.05, 3.63) is 0 Å². The Balaban J connectivity index is 4.02. The van der Waals surface area contributed by atoms with Crippen LogP contribution in [0.3, 0.4) is 0 Å². The number of nitrogens with one attached hydrogen (secondary N) is 1. The number of primary amides is 1. The lowest BCUT2D eigenvalue weighted by Crippen LogP contribution is -2.48. The third-order valence-corrected chi connectivity index (χ3v) is 1.91. The molecule has 0 saturated carbocycles. The normalized spacial score (nSPS) is 12.6. The summed E-state index contributed by atoms with van der Waals surface area (Å²) in [6.07, 6.45) is 0. The van der Waals surface area contributed by atoms with E-state index in [2.05, 4.69) is 5.32 Å². The Morgan fingerprint density at radius 2 is 2.07 bits per heavy atom. The van der Waals surface area contributed by atoms with Crippen LogP contribution in [0.5, 0.6) is 0 Å². The van der Waals surface area contributed by atoms with Crippen molar-refractivity contribution >= 4 is 11.8 Å². The molecule has 0 aromatic carbocycles. The van der Waals surface area contributed by atoms with E-state index in [1.807, 2.05) is 6.92 Å². The highest BCUT2D eigenvalue weighted by molar-refractivity contribution is 5.80. The van der Waals surface area contributed by atoms with Crippen LogP contribution in [-0.4, -0.2) is 49.4 Å². The summed E-state index contributed by atoms with van der Waals surface area (Å²) >= 11 is 0. The Kier molecular flexibility index (Phi) is 5.82. The van der Waals surface area contributed by atoms with E-state index in [0.717, 1.165) is 0 Å². The van der Waals surface area contributed by atoms with Crippen LogP contribution in [0.4, 0.5) is 0 Å². The first kappa shape index (κ1) is 12.9. The molecule has 6 heteroatoms. The SMILES string of the molecule is CCN(CC(=O)NC)CC(N)C(N)=O. The fourth-order valence-corrected chi connectivity index (χ4v) is 0.956. The van der Waals surface area contributed by atoms with Crippen molar-refractivity contribution in [1.29, 1.82) is 0 Å². The van der Waals surface area contributed by atoms with Gasteiger partial charge in [0, 0.05) is 13.6 Å². The minimum Gasteiger partial charge on any atom is -0.368 e. The molecule has 0 rings (SSSR count). The number of likely N-dealkylation sites (N-methyl/N-ethyl adjacent to an activating group) is 2. The van der Waals surface area contributed by atoms with Crippen LogP contribution in [0.2, 0.25) is 0 Å². The van der Waals surface area contributed by atoms with E-state index in [-0.39, 0.29) is 12.5 Å². The smallest absolute Gasteiger partial charge is 0.235 e. The Morgan fingerprint density at radius 3 is 2.43 bits per heavy atom. The number of carbonyl (C=O) groups is 2. The number of hydrogen-bond acceptors (Lipinski definition) is 4. The number of carbonyl (C=O) groups excluding carboxylic acids is 2. The second kappa shape index (κ2) is 6.33. The molecule has 0 saturated heterocycles. The third kappa shape index (κ3) is 4.78. The minimum atomic E-state index is -0.723. The number of amides is 2. The number of rotatable bonds is 6. The van der Waals surface area contributed by atoms with E-state index in [9.17, 15) is 9.59 Å². The summed E-state index contributed by atoms with van der Waals surface area (Å²) in [5, 5.41) is 2.49. The van der Waals surface area contributed by atoms with E-state index in [1.165, 1.54) is 0 Å². The number of nitrogens with two attached hydrogens (primary N) is 2. The van der Waals surface area contributed by atoms with Gasteiger partial charge in [-0.15, -0.1) is 0 Å². The molecule has 0 heterocycles. The summed E-state index contributed by atoms with van der Waals surface area (Å²) < 4.78 is 0. The van der Waals surface area contributed by atoms with Gasteiger partial charge in [-0.05, 0) is 6.54 Å². The summed E-state index contributed by atoms with van der Waals surface area (Å²) in [6, 6.07) is -0.723. The molecule has 5 N–H and O–H groups in total. The van der Waals surface area contributed by atoms with Crippen molar-refractivity contribution in [3.8, 4) is 0 Å². The van der Waals surface area contributed by atoms with Gasteiger partial charge >= 0.3 is 0 Å². The molecule has 0 aliphatic heterocycles. The van der Waals surface area contributed by atoms with E-state index in [4.69, 9.17) is 11.5 Å². The van der Waals surface area contributed by atoms with E-state index in [1.54, 1.807) is 11.9 Å². The maximum atomic E-state index is 11.0. The molecule has 0 fully saturated rings. The van der Waals surface area contributed by atoms with Crippen LogP contribution in [0.1, 0.15) is 6.92 Å². The van der Waals surface area contributed by atoms with E-state index >= 15 is 0 Å². The Morgan fingerprint density at radius 1 is 1.50 bits per heavy atom. The van der Waals surface area contributed by atoms with Gasteiger partial charge in [0.25, 0.3) is 0 Å². The molecule has 0 aliphatic rings. The maximum Gasteiger partial charge on any atom is 0.235 e. The standard InChI is InChI=1S/C8H18N4O2/c1-3-12(5-7(13)11-2)4-6(9)8(10)14/h6H,3-5,9H2,1-2H3,(H2,10,14)(H,11,13). The first-order valence-corrected chi connectivity index (χ1v) is 4.49. The highest BCUT2D eigenvalue weighted by atomic mass is 16.2. The molecule has 0 bridgehead atoms. The van der Waals surface area contributed by atoms with Gasteiger partial charge < -0.3 is 16.8 Å². The third-order valence-electron chi connectivity index (χ3n) is 1.91. The quantitative estimate of drug-likeness (QED) is 0.458. The largest absolute Gasteiger partial charge is 0.368 e. The Labute approximate surface area is 83.6 Å². The molecule has 0 radical (unpaired) electrons. The lowest BCUT2D eigenvalue weighted by Gasteiger charge is -2.21. The molecule has 14 heavy (non-hydrogen) atoms. The van der Waals surface area contributed by atoms with E-state index in [0.29, 0.717) is 13.1 Å². The van der Waals surface area contributed by atoms with Crippen LogP contribution in [0.15, 0.2) is 0 Å². The van der Waals surface area contributed by atoms with Gasteiger partial charge in [-0.25, -0.2) is 0 Å². The average Bonchev–Trinajstić information content (AvgIpc) is 2.16. The van der Waals surface area contributed by atoms with Gasteiger partial charge in [-0.2, -0.15) is 0 Å². The lowest BCUT2D eigenvalue weighted by atomic mass is 10.2. The second-order valence-electron chi connectivity index (χ2n) is 3.01. The summed E-state index contributed by atoms with van der Waals surface area (Å²) in [5.41, 5.74) is 10.5. The van der Waals surface area contributed by atoms with Crippen LogP contribution in [0, 0.1) is 0 Å². The Hall–Kier alpha value is -1.14. The lowest BCUT2D eigenvalue weighted by molar-refractivity contribution is -0.123. The molecule has 1 atom stereocenters. The molecule has 6 nitrogen and oxygen atoms in total. The maximum absolute atomic E-state index is 11.0. The van der Waals surface area contributed by atoms with E-state index < -0.39 is 11.9 Å². The summed E-state index contributed by atoms with van der Waals surface area (Å²) in [4.78, 5) is 23.5. The topological polar surface area (TPSA) is 101 Å². The van der Waals surface area contributed by atoms with Crippen LogP contribution >= 0.6 is 0 Å². The highest BCUT2D eigenvalue weighted by Crippen LogP contribution is 1.90. The van der Waals surface area contributed by atoms with Gasteiger partial charge in [0.05, 0.1) is 12.6 Å². The fourth-order valence-electron chi connectivity index (χ4n) is 0.956. The summed E-state index contributed by atoms with van der Waals surface area (Å²) in [7, 11) is 1.56. The molecule has 0 aromatic rings. The summed E-state index contributed by atoms with van der Waals surface area (Å²) in [6.45, 7) is 3.07. The molecule has 0 aliphatic carbocycles. The second-order valence-corrected chi connectivity index (χ2v) is 3.01. The zero-order valence-corrected chi connectivity index (χ0v) is 8.62. The van der Waals surface area contributed by atoms with Crippen molar-refractivity contribution in [2.24, 2.45) is 11.5 Å². The average molecular weight is 202 g/mol.